The van der Waals surface area contributed by atoms with Gasteiger partial charge in [-0.3, -0.25) is 4.99 Å². The Bertz CT molecular complexity index is 764. The molecule has 2 aromatic rings. The SMILES string of the molecule is CN=C(NCC(C)Oc1ccccc1OC)NCC(C)c1ccccc1OC. The van der Waals surface area contributed by atoms with Crippen LogP contribution in [0.3, 0.4) is 0 Å². The first-order valence-electron chi connectivity index (χ1n) is 9.46. The highest BCUT2D eigenvalue weighted by Crippen LogP contribution is 2.27. The average molecular weight is 386 g/mol. The molecular formula is C22H31N3O3. The highest BCUT2D eigenvalue weighted by atomic mass is 16.5. The number of hydrogen-bond donors (Lipinski definition) is 2. The molecule has 0 saturated heterocycles. The molecule has 2 N–H and O–H groups in total. The Morgan fingerprint density at radius 1 is 0.857 bits per heavy atom. The second-order valence-corrected chi connectivity index (χ2v) is 6.56. The fraction of sp³-hybridized carbons (Fsp3) is 0.409. The Morgan fingerprint density at radius 3 is 2.07 bits per heavy atom. The predicted molar refractivity (Wildman–Crippen MR) is 114 cm³/mol. The molecule has 0 heterocycles. The maximum Gasteiger partial charge on any atom is 0.191 e. The van der Waals surface area contributed by atoms with Crippen LogP contribution in [0.5, 0.6) is 17.2 Å². The molecule has 28 heavy (non-hydrogen) atoms. The van der Waals surface area contributed by atoms with Crippen LogP contribution in [0, 0.1) is 0 Å². The summed E-state index contributed by atoms with van der Waals surface area (Å²) in [5.74, 6) is 3.36. The van der Waals surface area contributed by atoms with Crippen LogP contribution in [0.4, 0.5) is 0 Å². The molecule has 2 rings (SSSR count). The van der Waals surface area contributed by atoms with E-state index in [4.69, 9.17) is 14.2 Å². The summed E-state index contributed by atoms with van der Waals surface area (Å²) >= 11 is 0. The fourth-order valence-electron chi connectivity index (χ4n) is 2.87. The van der Waals surface area contributed by atoms with Crippen LogP contribution in [0.15, 0.2) is 53.5 Å². The highest BCUT2D eigenvalue weighted by Gasteiger charge is 2.13. The zero-order valence-electron chi connectivity index (χ0n) is 17.4. The third-order valence-electron chi connectivity index (χ3n) is 4.42. The molecule has 0 radical (unpaired) electrons. The van der Waals surface area contributed by atoms with Crippen molar-refractivity contribution in [1.82, 2.24) is 10.6 Å². The summed E-state index contributed by atoms with van der Waals surface area (Å²) in [6.45, 7) is 5.51. The molecule has 2 unspecified atom stereocenters. The number of benzene rings is 2. The van der Waals surface area contributed by atoms with Crippen molar-refractivity contribution in [3.63, 3.8) is 0 Å². The summed E-state index contributed by atoms with van der Waals surface area (Å²) in [6.07, 6.45) is -0.0542. The van der Waals surface area contributed by atoms with E-state index in [1.807, 2.05) is 49.4 Å². The summed E-state index contributed by atoms with van der Waals surface area (Å²) < 4.78 is 16.8. The minimum Gasteiger partial charge on any atom is -0.496 e. The van der Waals surface area contributed by atoms with Gasteiger partial charge in [0.25, 0.3) is 0 Å². The van der Waals surface area contributed by atoms with Crippen LogP contribution in [-0.4, -0.2) is 46.4 Å². The van der Waals surface area contributed by atoms with Gasteiger partial charge in [0.05, 0.1) is 20.8 Å². The first-order chi connectivity index (χ1) is 13.6. The van der Waals surface area contributed by atoms with E-state index in [-0.39, 0.29) is 12.0 Å². The van der Waals surface area contributed by atoms with Gasteiger partial charge >= 0.3 is 0 Å². The zero-order chi connectivity index (χ0) is 20.4. The van der Waals surface area contributed by atoms with E-state index >= 15 is 0 Å². The van der Waals surface area contributed by atoms with E-state index in [0.717, 1.165) is 29.8 Å². The monoisotopic (exact) mass is 385 g/mol. The Morgan fingerprint density at radius 2 is 1.43 bits per heavy atom. The van der Waals surface area contributed by atoms with E-state index in [2.05, 4.69) is 28.6 Å². The Labute approximate surface area is 167 Å². The largest absolute Gasteiger partial charge is 0.496 e. The fourth-order valence-corrected chi connectivity index (χ4v) is 2.87. The lowest BCUT2D eigenvalue weighted by molar-refractivity contribution is 0.213. The van der Waals surface area contributed by atoms with Crippen molar-refractivity contribution in [1.29, 1.82) is 0 Å². The summed E-state index contributed by atoms with van der Waals surface area (Å²) in [5.41, 5.74) is 1.17. The zero-order valence-corrected chi connectivity index (χ0v) is 17.4. The third kappa shape index (κ3) is 6.08. The lowest BCUT2D eigenvalue weighted by Gasteiger charge is -2.20. The molecule has 0 spiro atoms. The molecule has 0 aliphatic heterocycles. The van der Waals surface area contributed by atoms with Gasteiger partial charge in [-0.25, -0.2) is 0 Å². The van der Waals surface area contributed by atoms with Gasteiger partial charge in [-0.2, -0.15) is 0 Å². The molecule has 2 aromatic carbocycles. The van der Waals surface area contributed by atoms with Crippen molar-refractivity contribution < 1.29 is 14.2 Å². The number of hydrogen-bond acceptors (Lipinski definition) is 4. The topological polar surface area (TPSA) is 64.1 Å². The normalized spacial score (nSPS) is 13.4. The summed E-state index contributed by atoms with van der Waals surface area (Å²) in [5, 5.41) is 6.67. The summed E-state index contributed by atoms with van der Waals surface area (Å²) in [4.78, 5) is 4.29. The predicted octanol–water partition coefficient (Wildman–Crippen LogP) is 3.44. The van der Waals surface area contributed by atoms with Gasteiger partial charge in [0.1, 0.15) is 11.9 Å². The minimum atomic E-state index is -0.0542. The van der Waals surface area contributed by atoms with Crippen LogP contribution in [0.1, 0.15) is 25.3 Å². The van der Waals surface area contributed by atoms with Gasteiger partial charge in [-0.05, 0) is 30.7 Å². The second-order valence-electron chi connectivity index (χ2n) is 6.56. The number of methoxy groups -OCH3 is 2. The van der Waals surface area contributed by atoms with Crippen molar-refractivity contribution in [3.05, 3.63) is 54.1 Å². The molecule has 6 nitrogen and oxygen atoms in total. The smallest absolute Gasteiger partial charge is 0.191 e. The van der Waals surface area contributed by atoms with Crippen LogP contribution in [0.2, 0.25) is 0 Å². The molecule has 0 saturated carbocycles. The first kappa shape index (κ1) is 21.4. The molecule has 152 valence electrons. The summed E-state index contributed by atoms with van der Waals surface area (Å²) in [6, 6.07) is 15.7. The van der Waals surface area contributed by atoms with Crippen LogP contribution < -0.4 is 24.8 Å². The number of para-hydroxylation sites is 3. The van der Waals surface area contributed by atoms with E-state index in [0.29, 0.717) is 6.54 Å². The molecule has 0 aromatic heterocycles. The Kier molecular flexibility index (Phi) is 8.46. The number of aliphatic imine (C=N–C) groups is 1. The van der Waals surface area contributed by atoms with Crippen LogP contribution in [-0.2, 0) is 0 Å². The first-order valence-corrected chi connectivity index (χ1v) is 9.46. The van der Waals surface area contributed by atoms with Crippen molar-refractivity contribution in [3.8, 4) is 17.2 Å². The van der Waals surface area contributed by atoms with E-state index in [1.54, 1.807) is 21.3 Å². The van der Waals surface area contributed by atoms with Gasteiger partial charge in [0.15, 0.2) is 17.5 Å². The number of nitrogens with zero attached hydrogens (tertiary/aromatic N) is 1. The van der Waals surface area contributed by atoms with Gasteiger partial charge < -0.3 is 24.8 Å². The number of ether oxygens (including phenoxy) is 3. The molecule has 0 fully saturated rings. The van der Waals surface area contributed by atoms with Gasteiger partial charge in [0, 0.05) is 19.5 Å². The standard InChI is InChI=1S/C22H31N3O3/c1-16(18-10-6-7-11-19(18)26-4)14-24-22(23-3)25-15-17(2)28-21-13-9-8-12-20(21)27-5/h6-13,16-17H,14-15H2,1-5H3,(H2,23,24,25). The van der Waals surface area contributed by atoms with Gasteiger partial charge in [-0.1, -0.05) is 37.3 Å². The van der Waals surface area contributed by atoms with Crippen molar-refractivity contribution >= 4 is 5.96 Å². The summed E-state index contributed by atoms with van der Waals surface area (Å²) in [7, 11) is 5.09. The minimum absolute atomic E-state index is 0.0542. The lowest BCUT2D eigenvalue weighted by Crippen LogP contribution is -2.42. The average Bonchev–Trinajstić information content (AvgIpc) is 2.74. The number of guanidine groups is 1. The third-order valence-corrected chi connectivity index (χ3v) is 4.42. The van der Waals surface area contributed by atoms with Gasteiger partial charge in [0.2, 0.25) is 0 Å². The van der Waals surface area contributed by atoms with Crippen molar-refractivity contribution in [2.45, 2.75) is 25.9 Å². The van der Waals surface area contributed by atoms with Crippen LogP contribution in [0.25, 0.3) is 0 Å². The molecule has 0 amide bonds. The Balaban J connectivity index is 1.84. The molecule has 2 atom stereocenters. The molecule has 0 bridgehead atoms. The second kappa shape index (κ2) is 11.1. The highest BCUT2D eigenvalue weighted by molar-refractivity contribution is 5.79. The molecule has 0 aliphatic carbocycles. The van der Waals surface area contributed by atoms with E-state index in [9.17, 15) is 0 Å². The van der Waals surface area contributed by atoms with Gasteiger partial charge in [-0.15, -0.1) is 0 Å². The van der Waals surface area contributed by atoms with E-state index in [1.165, 1.54) is 5.56 Å². The van der Waals surface area contributed by atoms with E-state index < -0.39 is 0 Å². The van der Waals surface area contributed by atoms with Crippen molar-refractivity contribution in [2.24, 2.45) is 4.99 Å². The maximum absolute atomic E-state index is 5.97. The lowest BCUT2D eigenvalue weighted by atomic mass is 10.0. The molecular weight excluding hydrogens is 354 g/mol. The number of nitrogens with one attached hydrogen (secondary N) is 2. The number of rotatable bonds is 9. The maximum atomic E-state index is 5.97. The van der Waals surface area contributed by atoms with Crippen molar-refractivity contribution in [2.75, 3.05) is 34.4 Å². The Hall–Kier alpha value is -2.89. The molecule has 6 heteroatoms. The molecule has 0 aliphatic rings. The van der Waals surface area contributed by atoms with Crippen LogP contribution >= 0.6 is 0 Å². The quantitative estimate of drug-likeness (QED) is 0.511.